The molecule has 0 spiro atoms. The van der Waals surface area contributed by atoms with Gasteiger partial charge in [0, 0.05) is 29.6 Å². The van der Waals surface area contributed by atoms with Crippen LogP contribution >= 0.6 is 0 Å². The van der Waals surface area contributed by atoms with Gasteiger partial charge in [0.1, 0.15) is 0 Å². The van der Waals surface area contributed by atoms with Crippen LogP contribution < -0.4 is 0 Å². The van der Waals surface area contributed by atoms with Crippen LogP contribution in [0.25, 0.3) is 10.9 Å². The molecular formula is C21H19NO3. The molecule has 0 fully saturated rings. The van der Waals surface area contributed by atoms with Gasteiger partial charge in [0.2, 0.25) is 0 Å². The molecule has 0 bridgehead atoms. The van der Waals surface area contributed by atoms with Gasteiger partial charge in [0.15, 0.2) is 5.78 Å². The first-order valence-electron chi connectivity index (χ1n) is 8.61. The van der Waals surface area contributed by atoms with Crippen LogP contribution in [0.5, 0.6) is 0 Å². The van der Waals surface area contributed by atoms with Crippen LogP contribution in [-0.4, -0.2) is 21.4 Å². The second-order valence-corrected chi connectivity index (χ2v) is 6.53. The molecule has 3 aromatic rings. The minimum absolute atomic E-state index is 0.131. The lowest BCUT2D eigenvalue weighted by Crippen LogP contribution is -2.08. The third kappa shape index (κ3) is 2.64. The molecule has 4 nitrogen and oxygen atoms in total. The van der Waals surface area contributed by atoms with E-state index in [1.807, 2.05) is 41.0 Å². The summed E-state index contributed by atoms with van der Waals surface area (Å²) in [5.74, 6) is -0.827. The minimum atomic E-state index is -0.958. The lowest BCUT2D eigenvalue weighted by molar-refractivity contribution is 0.0698. The molecule has 126 valence electrons. The van der Waals surface area contributed by atoms with E-state index < -0.39 is 5.97 Å². The number of fused-ring (bicyclic) bond motifs is 3. The summed E-state index contributed by atoms with van der Waals surface area (Å²) >= 11 is 0. The zero-order chi connectivity index (χ0) is 17.4. The van der Waals surface area contributed by atoms with Crippen molar-refractivity contribution in [2.24, 2.45) is 0 Å². The lowest BCUT2D eigenvalue weighted by Gasteiger charge is -2.12. The van der Waals surface area contributed by atoms with Crippen molar-refractivity contribution >= 4 is 22.7 Å². The smallest absolute Gasteiger partial charge is 0.337 e. The summed E-state index contributed by atoms with van der Waals surface area (Å²) in [5, 5.41) is 10.4. The highest BCUT2D eigenvalue weighted by Crippen LogP contribution is 2.34. The van der Waals surface area contributed by atoms with E-state index in [-0.39, 0.29) is 11.3 Å². The van der Waals surface area contributed by atoms with E-state index in [1.165, 1.54) is 0 Å². The second kappa shape index (κ2) is 6.20. The Morgan fingerprint density at radius 3 is 2.52 bits per heavy atom. The number of carbonyl (C=O) groups is 2. The molecule has 2 aromatic carbocycles. The van der Waals surface area contributed by atoms with E-state index in [4.69, 9.17) is 0 Å². The predicted molar refractivity (Wildman–Crippen MR) is 96.3 cm³/mol. The van der Waals surface area contributed by atoms with Crippen molar-refractivity contribution in [3.63, 3.8) is 0 Å². The van der Waals surface area contributed by atoms with Crippen molar-refractivity contribution in [3.8, 4) is 0 Å². The van der Waals surface area contributed by atoms with E-state index in [1.54, 1.807) is 12.1 Å². The number of rotatable bonds is 3. The maximum atomic E-state index is 12.7. The van der Waals surface area contributed by atoms with E-state index in [0.717, 1.165) is 41.5 Å². The van der Waals surface area contributed by atoms with Crippen molar-refractivity contribution in [3.05, 3.63) is 70.9 Å². The quantitative estimate of drug-likeness (QED) is 0.727. The number of Topliss-reactive ketones (excluding diaryl/α,β-unsaturated/α-hetero) is 1. The van der Waals surface area contributed by atoms with Crippen molar-refractivity contribution in [1.29, 1.82) is 0 Å². The Kier molecular flexibility index (Phi) is 3.88. The molecule has 4 rings (SSSR count). The fourth-order valence-electron chi connectivity index (χ4n) is 3.85. The van der Waals surface area contributed by atoms with Gasteiger partial charge in [0.05, 0.1) is 11.1 Å². The fourth-order valence-corrected chi connectivity index (χ4v) is 3.85. The number of carbonyl (C=O) groups excluding carboxylic acids is 1. The number of hydrogen-bond donors (Lipinski definition) is 1. The Morgan fingerprint density at radius 2 is 1.76 bits per heavy atom. The van der Waals surface area contributed by atoms with Gasteiger partial charge in [-0.15, -0.1) is 0 Å². The van der Waals surface area contributed by atoms with E-state index >= 15 is 0 Å². The number of aromatic carboxylic acids is 1. The largest absolute Gasteiger partial charge is 0.478 e. The Morgan fingerprint density at radius 1 is 1.00 bits per heavy atom. The van der Waals surface area contributed by atoms with Gasteiger partial charge in [-0.1, -0.05) is 42.5 Å². The SMILES string of the molecule is O=C1CCCCc2c1c1cccc(C(=O)O)c1n2Cc1ccccc1. The first-order chi connectivity index (χ1) is 12.2. The maximum absolute atomic E-state index is 12.7. The average molecular weight is 333 g/mol. The van der Waals surface area contributed by atoms with Gasteiger partial charge in [-0.05, 0) is 30.9 Å². The highest BCUT2D eigenvalue weighted by atomic mass is 16.4. The first-order valence-corrected chi connectivity index (χ1v) is 8.61. The molecule has 0 saturated heterocycles. The number of ketones is 1. The van der Waals surface area contributed by atoms with Gasteiger partial charge in [0.25, 0.3) is 0 Å². The predicted octanol–water partition coefficient (Wildman–Crippen LogP) is 4.30. The number of aromatic nitrogens is 1. The molecule has 0 radical (unpaired) electrons. The molecule has 1 aromatic heterocycles. The number of benzene rings is 2. The van der Waals surface area contributed by atoms with Crippen LogP contribution in [0.2, 0.25) is 0 Å². The second-order valence-electron chi connectivity index (χ2n) is 6.53. The van der Waals surface area contributed by atoms with Crippen molar-refractivity contribution < 1.29 is 14.7 Å². The maximum Gasteiger partial charge on any atom is 0.337 e. The van der Waals surface area contributed by atoms with E-state index in [0.29, 0.717) is 18.5 Å². The zero-order valence-electron chi connectivity index (χ0n) is 13.9. The normalized spacial score (nSPS) is 14.3. The standard InChI is InChI=1S/C21H19NO3/c23-18-12-5-4-11-17-19(18)15-9-6-10-16(21(24)25)20(15)22(17)13-14-7-2-1-3-8-14/h1-3,6-10H,4-5,11-13H2,(H,24,25). The first kappa shape index (κ1) is 15.6. The number of para-hydroxylation sites is 1. The Hall–Kier alpha value is -2.88. The number of carboxylic acids is 1. The van der Waals surface area contributed by atoms with Gasteiger partial charge in [-0.2, -0.15) is 0 Å². The molecule has 1 N–H and O–H groups in total. The van der Waals surface area contributed by atoms with Crippen LogP contribution in [0.4, 0.5) is 0 Å². The van der Waals surface area contributed by atoms with Crippen LogP contribution in [0, 0.1) is 0 Å². The summed E-state index contributed by atoms with van der Waals surface area (Å²) in [5.41, 5.74) is 3.73. The summed E-state index contributed by atoms with van der Waals surface area (Å²) in [6.45, 7) is 0.574. The van der Waals surface area contributed by atoms with Crippen molar-refractivity contribution in [1.82, 2.24) is 4.57 Å². The summed E-state index contributed by atoms with van der Waals surface area (Å²) in [7, 11) is 0. The Bertz CT molecular complexity index is 970. The third-order valence-electron chi connectivity index (χ3n) is 4.95. The van der Waals surface area contributed by atoms with Crippen LogP contribution in [-0.2, 0) is 13.0 Å². The zero-order valence-corrected chi connectivity index (χ0v) is 13.9. The Labute approximate surface area is 145 Å². The molecule has 1 aliphatic carbocycles. The molecule has 0 amide bonds. The Balaban J connectivity index is 2.03. The molecule has 0 saturated carbocycles. The average Bonchev–Trinajstić information content (AvgIpc) is 2.79. The summed E-state index contributed by atoms with van der Waals surface area (Å²) in [4.78, 5) is 24.5. The lowest BCUT2D eigenvalue weighted by atomic mass is 10.0. The van der Waals surface area contributed by atoms with Crippen molar-refractivity contribution in [2.75, 3.05) is 0 Å². The third-order valence-corrected chi connectivity index (χ3v) is 4.95. The van der Waals surface area contributed by atoms with Gasteiger partial charge >= 0.3 is 5.97 Å². The van der Waals surface area contributed by atoms with E-state index in [9.17, 15) is 14.7 Å². The summed E-state index contributed by atoms with van der Waals surface area (Å²) < 4.78 is 2.05. The monoisotopic (exact) mass is 333 g/mol. The molecule has 0 unspecified atom stereocenters. The molecule has 4 heteroatoms. The van der Waals surface area contributed by atoms with Gasteiger partial charge in [-0.25, -0.2) is 4.79 Å². The summed E-state index contributed by atoms with van der Waals surface area (Å²) in [6.07, 6.45) is 3.18. The van der Waals surface area contributed by atoms with Crippen LogP contribution in [0.15, 0.2) is 48.5 Å². The molecule has 25 heavy (non-hydrogen) atoms. The fraction of sp³-hybridized carbons (Fsp3) is 0.238. The molecular weight excluding hydrogens is 314 g/mol. The molecule has 0 aliphatic heterocycles. The molecule has 0 atom stereocenters. The molecule has 1 aliphatic rings. The number of nitrogens with zero attached hydrogens (tertiary/aromatic N) is 1. The van der Waals surface area contributed by atoms with Crippen LogP contribution in [0.1, 0.15) is 51.2 Å². The highest BCUT2D eigenvalue weighted by molar-refractivity contribution is 6.13. The topological polar surface area (TPSA) is 59.3 Å². The number of hydrogen-bond acceptors (Lipinski definition) is 2. The number of carboxylic acid groups (broad SMARTS) is 1. The van der Waals surface area contributed by atoms with Gasteiger partial charge < -0.3 is 9.67 Å². The minimum Gasteiger partial charge on any atom is -0.478 e. The summed E-state index contributed by atoms with van der Waals surface area (Å²) in [6, 6.07) is 15.2. The van der Waals surface area contributed by atoms with Crippen molar-refractivity contribution in [2.45, 2.75) is 32.2 Å². The van der Waals surface area contributed by atoms with Gasteiger partial charge in [-0.3, -0.25) is 4.79 Å². The van der Waals surface area contributed by atoms with Crippen LogP contribution in [0.3, 0.4) is 0 Å². The van der Waals surface area contributed by atoms with E-state index in [2.05, 4.69) is 0 Å². The highest BCUT2D eigenvalue weighted by Gasteiger charge is 2.26. The molecule has 1 heterocycles.